The van der Waals surface area contributed by atoms with Gasteiger partial charge in [0.2, 0.25) is 5.91 Å². The molecule has 2 N–H and O–H groups in total. The van der Waals surface area contributed by atoms with Crippen molar-refractivity contribution in [2.45, 2.75) is 31.8 Å². The van der Waals surface area contributed by atoms with E-state index in [0.29, 0.717) is 11.6 Å². The van der Waals surface area contributed by atoms with Gasteiger partial charge in [0.15, 0.2) is 0 Å². The highest BCUT2D eigenvalue weighted by atomic mass is 35.5. The van der Waals surface area contributed by atoms with Crippen molar-refractivity contribution < 1.29 is 9.53 Å². The third-order valence-corrected chi connectivity index (χ3v) is 3.74. The maximum atomic E-state index is 11.9. The van der Waals surface area contributed by atoms with Crippen LogP contribution >= 0.6 is 11.6 Å². The van der Waals surface area contributed by atoms with Crippen molar-refractivity contribution in [2.24, 2.45) is 0 Å². The van der Waals surface area contributed by atoms with Crippen LogP contribution in [0.5, 0.6) is 0 Å². The van der Waals surface area contributed by atoms with E-state index in [1.807, 2.05) is 31.2 Å². The number of nitrogens with one attached hydrogen (secondary N) is 2. The Balaban J connectivity index is 1.75. The van der Waals surface area contributed by atoms with Crippen LogP contribution < -0.4 is 10.6 Å². The number of benzene rings is 1. The molecule has 0 aromatic heterocycles. The highest BCUT2D eigenvalue weighted by Gasteiger charge is 2.16. The smallest absolute Gasteiger partial charge is 0.234 e. The molecule has 0 radical (unpaired) electrons. The zero-order chi connectivity index (χ0) is 14.4. The number of halogens is 1. The zero-order valence-electron chi connectivity index (χ0n) is 11.7. The first-order valence-electron chi connectivity index (χ1n) is 7.01. The molecule has 0 bridgehead atoms. The molecule has 1 aliphatic heterocycles. The largest absolute Gasteiger partial charge is 0.381 e. The van der Waals surface area contributed by atoms with Gasteiger partial charge in [-0.25, -0.2) is 0 Å². The Labute approximate surface area is 124 Å². The van der Waals surface area contributed by atoms with Crippen LogP contribution in [0.4, 0.5) is 0 Å². The van der Waals surface area contributed by atoms with E-state index in [1.54, 1.807) is 0 Å². The van der Waals surface area contributed by atoms with Gasteiger partial charge in [-0.15, -0.1) is 0 Å². The van der Waals surface area contributed by atoms with Gasteiger partial charge < -0.3 is 15.4 Å². The minimum absolute atomic E-state index is 0.0331. The lowest BCUT2D eigenvalue weighted by Crippen LogP contribution is -2.43. The second-order valence-corrected chi connectivity index (χ2v) is 5.55. The van der Waals surface area contributed by atoms with Gasteiger partial charge in [0.05, 0.1) is 6.54 Å². The molecule has 20 heavy (non-hydrogen) atoms. The molecular weight excluding hydrogens is 276 g/mol. The minimum Gasteiger partial charge on any atom is -0.381 e. The molecule has 0 aliphatic carbocycles. The maximum absolute atomic E-state index is 11.9. The molecule has 1 amide bonds. The van der Waals surface area contributed by atoms with E-state index < -0.39 is 0 Å². The van der Waals surface area contributed by atoms with E-state index in [-0.39, 0.29) is 18.0 Å². The monoisotopic (exact) mass is 296 g/mol. The van der Waals surface area contributed by atoms with Gasteiger partial charge in [0.25, 0.3) is 0 Å². The van der Waals surface area contributed by atoms with Gasteiger partial charge >= 0.3 is 0 Å². The first-order chi connectivity index (χ1) is 9.65. The molecule has 0 unspecified atom stereocenters. The lowest BCUT2D eigenvalue weighted by molar-refractivity contribution is -0.121. The van der Waals surface area contributed by atoms with Crippen molar-refractivity contribution in [1.82, 2.24) is 10.6 Å². The number of carbonyl (C=O) groups is 1. The van der Waals surface area contributed by atoms with E-state index in [4.69, 9.17) is 16.3 Å². The number of hydrogen-bond donors (Lipinski definition) is 2. The molecule has 1 fully saturated rings. The summed E-state index contributed by atoms with van der Waals surface area (Å²) in [6, 6.07) is 8.01. The molecule has 0 saturated carbocycles. The average Bonchev–Trinajstić information content (AvgIpc) is 2.46. The van der Waals surface area contributed by atoms with Crippen LogP contribution in [0.3, 0.4) is 0 Å². The van der Waals surface area contributed by atoms with Crippen molar-refractivity contribution in [2.75, 3.05) is 19.8 Å². The summed E-state index contributed by atoms with van der Waals surface area (Å²) in [6.45, 7) is 3.80. The maximum Gasteiger partial charge on any atom is 0.234 e. The summed E-state index contributed by atoms with van der Waals surface area (Å²) >= 11 is 5.96. The molecule has 2 rings (SSSR count). The highest BCUT2D eigenvalue weighted by Crippen LogP contribution is 2.17. The number of rotatable bonds is 5. The van der Waals surface area contributed by atoms with Crippen molar-refractivity contribution in [3.8, 4) is 0 Å². The topological polar surface area (TPSA) is 50.4 Å². The van der Waals surface area contributed by atoms with E-state index in [1.165, 1.54) is 0 Å². The number of hydrogen-bond acceptors (Lipinski definition) is 3. The molecule has 1 heterocycles. The molecule has 1 aromatic carbocycles. The normalized spacial score (nSPS) is 17.7. The molecule has 110 valence electrons. The Kier molecular flexibility index (Phi) is 5.83. The first kappa shape index (κ1) is 15.3. The summed E-state index contributed by atoms with van der Waals surface area (Å²) in [5.74, 6) is 0.0331. The van der Waals surface area contributed by atoms with E-state index in [9.17, 15) is 4.79 Å². The van der Waals surface area contributed by atoms with Crippen molar-refractivity contribution in [3.63, 3.8) is 0 Å². The summed E-state index contributed by atoms with van der Waals surface area (Å²) in [5, 5.41) is 6.95. The summed E-state index contributed by atoms with van der Waals surface area (Å²) in [6.07, 6.45) is 1.80. The lowest BCUT2D eigenvalue weighted by atomic mass is 10.1. The SMILES string of the molecule is C[C@@H](NCC(=O)NC1CCOCC1)c1cccc(Cl)c1. The molecule has 1 saturated heterocycles. The molecule has 1 aliphatic rings. The quantitative estimate of drug-likeness (QED) is 0.876. The van der Waals surface area contributed by atoms with Gasteiger partial charge in [-0.05, 0) is 37.5 Å². The van der Waals surface area contributed by atoms with Gasteiger partial charge in [0, 0.05) is 30.3 Å². The Bertz CT molecular complexity index is 447. The number of amides is 1. The second-order valence-electron chi connectivity index (χ2n) is 5.11. The van der Waals surface area contributed by atoms with Crippen molar-refractivity contribution in [1.29, 1.82) is 0 Å². The Hall–Kier alpha value is -1.10. The minimum atomic E-state index is 0.0331. The molecule has 5 heteroatoms. The summed E-state index contributed by atoms with van der Waals surface area (Å²) < 4.78 is 5.27. The van der Waals surface area contributed by atoms with Gasteiger partial charge in [-0.2, -0.15) is 0 Å². The lowest BCUT2D eigenvalue weighted by Gasteiger charge is -2.23. The zero-order valence-corrected chi connectivity index (χ0v) is 12.5. The molecular formula is C15H21ClN2O2. The van der Waals surface area contributed by atoms with Gasteiger partial charge in [0.1, 0.15) is 0 Å². The fourth-order valence-electron chi connectivity index (χ4n) is 2.26. The Morgan fingerprint density at radius 3 is 2.90 bits per heavy atom. The summed E-state index contributed by atoms with van der Waals surface area (Å²) in [5.41, 5.74) is 1.08. The number of carbonyl (C=O) groups excluding carboxylic acids is 1. The predicted molar refractivity (Wildman–Crippen MR) is 79.9 cm³/mol. The fourth-order valence-corrected chi connectivity index (χ4v) is 2.46. The first-order valence-corrected chi connectivity index (χ1v) is 7.39. The van der Waals surface area contributed by atoms with Crippen LogP contribution in [0.2, 0.25) is 5.02 Å². The number of ether oxygens (including phenoxy) is 1. The van der Waals surface area contributed by atoms with E-state index >= 15 is 0 Å². The summed E-state index contributed by atoms with van der Waals surface area (Å²) in [7, 11) is 0. The van der Waals surface area contributed by atoms with Gasteiger partial charge in [-0.3, -0.25) is 4.79 Å². The van der Waals surface area contributed by atoms with Crippen molar-refractivity contribution >= 4 is 17.5 Å². The third-order valence-electron chi connectivity index (χ3n) is 3.50. The molecule has 4 nitrogen and oxygen atoms in total. The molecule has 1 atom stereocenters. The second kappa shape index (κ2) is 7.62. The van der Waals surface area contributed by atoms with Crippen LogP contribution in [0.15, 0.2) is 24.3 Å². The van der Waals surface area contributed by atoms with E-state index in [2.05, 4.69) is 10.6 Å². The van der Waals surface area contributed by atoms with Crippen LogP contribution in [0.25, 0.3) is 0 Å². The summed E-state index contributed by atoms with van der Waals surface area (Å²) in [4.78, 5) is 11.9. The van der Waals surface area contributed by atoms with Crippen molar-refractivity contribution in [3.05, 3.63) is 34.9 Å². The van der Waals surface area contributed by atoms with Gasteiger partial charge in [-0.1, -0.05) is 23.7 Å². The van der Waals surface area contributed by atoms with Crippen LogP contribution in [-0.2, 0) is 9.53 Å². The van der Waals surface area contributed by atoms with Crippen LogP contribution in [-0.4, -0.2) is 31.7 Å². The highest BCUT2D eigenvalue weighted by molar-refractivity contribution is 6.30. The molecule has 0 spiro atoms. The Morgan fingerprint density at radius 2 is 2.20 bits per heavy atom. The Morgan fingerprint density at radius 1 is 1.45 bits per heavy atom. The van der Waals surface area contributed by atoms with E-state index in [0.717, 1.165) is 31.6 Å². The third kappa shape index (κ3) is 4.78. The van der Waals surface area contributed by atoms with Crippen LogP contribution in [0, 0.1) is 0 Å². The predicted octanol–water partition coefficient (Wildman–Crippen LogP) is 2.29. The standard InChI is InChI=1S/C15H21ClN2O2/c1-11(12-3-2-4-13(16)9-12)17-10-15(19)18-14-5-7-20-8-6-14/h2-4,9,11,14,17H,5-8,10H2,1H3,(H,18,19)/t11-/m1/s1. The average molecular weight is 297 g/mol. The van der Waals surface area contributed by atoms with Crippen LogP contribution in [0.1, 0.15) is 31.4 Å². The molecule has 1 aromatic rings. The fraction of sp³-hybridized carbons (Fsp3) is 0.533.